The number of carbonyl (C=O) groups is 2. The molecule has 2 aromatic carbocycles. The maximum Gasteiger partial charge on any atom is 0.251 e. The summed E-state index contributed by atoms with van der Waals surface area (Å²) in [6.07, 6.45) is 0.00254. The molecule has 0 bridgehead atoms. The maximum absolute atomic E-state index is 12.9. The topological polar surface area (TPSA) is 113 Å². The van der Waals surface area contributed by atoms with E-state index < -0.39 is 6.10 Å². The number of aliphatic hydroxyl groups excluding tert-OH is 1. The molecule has 3 atom stereocenters. The van der Waals surface area contributed by atoms with Gasteiger partial charge in [0.1, 0.15) is 12.4 Å². The third kappa shape index (κ3) is 6.35. The summed E-state index contributed by atoms with van der Waals surface area (Å²) < 4.78 is 5.99. The predicted octanol–water partition coefficient (Wildman–Crippen LogP) is 2.33. The van der Waals surface area contributed by atoms with Crippen LogP contribution in [0.4, 0.5) is 0 Å². The summed E-state index contributed by atoms with van der Waals surface area (Å²) in [6, 6.07) is 16.7. The van der Waals surface area contributed by atoms with Crippen molar-refractivity contribution in [2.75, 3.05) is 19.6 Å². The van der Waals surface area contributed by atoms with E-state index in [-0.39, 0.29) is 30.3 Å². The van der Waals surface area contributed by atoms with Crippen LogP contribution in [0.1, 0.15) is 35.0 Å². The molecule has 3 aromatic rings. The molecule has 1 aliphatic heterocycles. The van der Waals surface area contributed by atoms with Crippen molar-refractivity contribution < 1.29 is 19.4 Å². The Morgan fingerprint density at radius 1 is 1.20 bits per heavy atom. The monoisotopic (exact) mass is 476 g/mol. The number of aryl methyl sites for hydroxylation is 1. The van der Waals surface area contributed by atoms with E-state index in [1.165, 1.54) is 0 Å². The molecular formula is C27H32N4O4. The van der Waals surface area contributed by atoms with Gasteiger partial charge in [-0.05, 0) is 63.2 Å². The molecule has 184 valence electrons. The number of fused-ring (bicyclic) bond motifs is 1. The van der Waals surface area contributed by atoms with Gasteiger partial charge < -0.3 is 25.8 Å². The quantitative estimate of drug-likeness (QED) is 0.397. The minimum absolute atomic E-state index is 0.152. The van der Waals surface area contributed by atoms with Crippen LogP contribution < -0.4 is 20.7 Å². The van der Waals surface area contributed by atoms with E-state index in [1.807, 2.05) is 37.3 Å². The SMILES string of the molecule is Cc1cc(COc2ccc(C(=O)N[C@@H]3CNCC[C@@H]3C(=O)NCC(C)O)cc2)c2ccccc2n1. The van der Waals surface area contributed by atoms with Gasteiger partial charge in [-0.2, -0.15) is 0 Å². The number of nitrogens with one attached hydrogen (secondary N) is 3. The molecule has 0 saturated carbocycles. The van der Waals surface area contributed by atoms with Gasteiger partial charge in [-0.3, -0.25) is 14.6 Å². The van der Waals surface area contributed by atoms with Crippen LogP contribution in [0.2, 0.25) is 0 Å². The average molecular weight is 477 g/mol. The number of hydrogen-bond donors (Lipinski definition) is 4. The van der Waals surface area contributed by atoms with E-state index >= 15 is 0 Å². The van der Waals surface area contributed by atoms with Crippen LogP contribution in [0.5, 0.6) is 5.75 Å². The number of aromatic nitrogens is 1. The average Bonchev–Trinajstić information content (AvgIpc) is 2.86. The number of carbonyl (C=O) groups excluding carboxylic acids is 2. The van der Waals surface area contributed by atoms with Crippen LogP contribution in [-0.4, -0.2) is 53.7 Å². The first-order valence-electron chi connectivity index (χ1n) is 12.0. The minimum atomic E-state index is -0.615. The Morgan fingerprint density at radius 2 is 1.97 bits per heavy atom. The van der Waals surface area contributed by atoms with Crippen LogP contribution in [-0.2, 0) is 11.4 Å². The zero-order valence-electron chi connectivity index (χ0n) is 20.1. The van der Waals surface area contributed by atoms with Crippen LogP contribution in [0.15, 0.2) is 54.6 Å². The molecule has 0 aliphatic carbocycles. The van der Waals surface area contributed by atoms with Crippen LogP contribution in [0.3, 0.4) is 0 Å². The molecule has 1 unspecified atom stereocenters. The summed E-state index contributed by atoms with van der Waals surface area (Å²) in [4.78, 5) is 30.0. The molecule has 1 saturated heterocycles. The van der Waals surface area contributed by atoms with Crippen molar-refractivity contribution in [3.8, 4) is 5.75 Å². The summed E-state index contributed by atoms with van der Waals surface area (Å²) >= 11 is 0. The van der Waals surface area contributed by atoms with E-state index in [0.717, 1.165) is 22.2 Å². The number of nitrogens with zero attached hydrogens (tertiary/aromatic N) is 1. The molecule has 8 heteroatoms. The zero-order chi connectivity index (χ0) is 24.8. The lowest BCUT2D eigenvalue weighted by atomic mass is 9.91. The number of para-hydroxylation sites is 1. The highest BCUT2D eigenvalue weighted by Crippen LogP contribution is 2.21. The number of pyridine rings is 1. The van der Waals surface area contributed by atoms with E-state index in [2.05, 4.69) is 20.9 Å². The molecule has 8 nitrogen and oxygen atoms in total. The van der Waals surface area contributed by atoms with Gasteiger partial charge in [0, 0.05) is 35.3 Å². The van der Waals surface area contributed by atoms with Gasteiger partial charge in [0.15, 0.2) is 0 Å². The van der Waals surface area contributed by atoms with Gasteiger partial charge in [0.2, 0.25) is 5.91 Å². The number of amides is 2. The summed E-state index contributed by atoms with van der Waals surface area (Å²) in [7, 11) is 0. The highest BCUT2D eigenvalue weighted by Gasteiger charge is 2.32. The molecule has 0 spiro atoms. The summed E-state index contributed by atoms with van der Waals surface area (Å²) in [5.74, 6) is -0.0790. The summed E-state index contributed by atoms with van der Waals surface area (Å²) in [6.45, 7) is 5.39. The highest BCUT2D eigenvalue weighted by molar-refractivity contribution is 5.95. The van der Waals surface area contributed by atoms with Gasteiger partial charge in [-0.1, -0.05) is 18.2 Å². The molecule has 2 heterocycles. The number of ether oxygens (including phenoxy) is 1. The van der Waals surface area contributed by atoms with Crippen molar-refractivity contribution in [1.82, 2.24) is 20.9 Å². The Kier molecular flexibility index (Phi) is 7.94. The second kappa shape index (κ2) is 11.3. The van der Waals surface area contributed by atoms with Crippen LogP contribution in [0.25, 0.3) is 10.9 Å². The van der Waals surface area contributed by atoms with E-state index in [0.29, 0.717) is 37.4 Å². The van der Waals surface area contributed by atoms with Crippen molar-refractivity contribution in [1.29, 1.82) is 0 Å². The van der Waals surface area contributed by atoms with Gasteiger partial charge in [0.25, 0.3) is 5.91 Å². The van der Waals surface area contributed by atoms with Crippen molar-refractivity contribution in [3.05, 3.63) is 71.4 Å². The largest absolute Gasteiger partial charge is 0.489 e. The van der Waals surface area contributed by atoms with E-state index in [1.54, 1.807) is 31.2 Å². The second-order valence-corrected chi connectivity index (χ2v) is 9.03. The summed E-state index contributed by atoms with van der Waals surface area (Å²) in [5, 5.41) is 19.5. The smallest absolute Gasteiger partial charge is 0.251 e. The molecule has 2 amide bonds. The number of aliphatic hydroxyl groups is 1. The van der Waals surface area contributed by atoms with Crippen LogP contribution in [0, 0.1) is 12.8 Å². The molecule has 0 radical (unpaired) electrons. The third-order valence-electron chi connectivity index (χ3n) is 6.15. The molecule has 1 aromatic heterocycles. The predicted molar refractivity (Wildman–Crippen MR) is 134 cm³/mol. The standard InChI is InChI=1S/C27H32N4O4/c1-17-13-20(22-5-3-4-6-24(22)30-17)16-35-21-9-7-19(8-10-21)26(33)31-25-15-28-12-11-23(25)27(34)29-14-18(2)32/h3-10,13,18,23,25,28,32H,11-12,14-16H2,1-2H3,(H,29,34)(H,31,33)/t18?,23-,25+/m0/s1. The first-order valence-corrected chi connectivity index (χ1v) is 12.0. The fraction of sp³-hybridized carbons (Fsp3) is 0.370. The Morgan fingerprint density at radius 3 is 2.74 bits per heavy atom. The lowest BCUT2D eigenvalue weighted by Gasteiger charge is -2.32. The lowest BCUT2D eigenvalue weighted by molar-refractivity contribution is -0.126. The van der Waals surface area contributed by atoms with E-state index in [4.69, 9.17) is 4.74 Å². The fourth-order valence-corrected chi connectivity index (χ4v) is 4.33. The maximum atomic E-state index is 12.9. The van der Waals surface area contributed by atoms with Gasteiger partial charge in [0.05, 0.1) is 23.6 Å². The summed E-state index contributed by atoms with van der Waals surface area (Å²) in [5.41, 5.74) is 3.42. The Bertz CT molecular complexity index is 1180. The Labute approximate surface area is 205 Å². The van der Waals surface area contributed by atoms with Crippen molar-refractivity contribution in [2.45, 2.75) is 39.0 Å². The Hall–Kier alpha value is -3.49. The van der Waals surface area contributed by atoms with Crippen molar-refractivity contribution >= 4 is 22.7 Å². The van der Waals surface area contributed by atoms with Crippen LogP contribution >= 0.6 is 0 Å². The van der Waals surface area contributed by atoms with Gasteiger partial charge >= 0.3 is 0 Å². The second-order valence-electron chi connectivity index (χ2n) is 9.03. The number of hydrogen-bond acceptors (Lipinski definition) is 6. The highest BCUT2D eigenvalue weighted by atomic mass is 16.5. The molecule has 1 fully saturated rings. The lowest BCUT2D eigenvalue weighted by Crippen LogP contribution is -2.55. The minimum Gasteiger partial charge on any atom is -0.489 e. The number of piperidine rings is 1. The molecule has 1 aliphatic rings. The normalized spacial score (nSPS) is 18.6. The first-order chi connectivity index (χ1) is 16.9. The molecule has 4 N–H and O–H groups in total. The van der Waals surface area contributed by atoms with Gasteiger partial charge in [-0.25, -0.2) is 0 Å². The molecule has 35 heavy (non-hydrogen) atoms. The van der Waals surface area contributed by atoms with E-state index in [9.17, 15) is 14.7 Å². The third-order valence-corrected chi connectivity index (χ3v) is 6.15. The molecular weight excluding hydrogens is 444 g/mol. The van der Waals surface area contributed by atoms with Crippen molar-refractivity contribution in [2.24, 2.45) is 5.92 Å². The first kappa shape index (κ1) is 24.6. The van der Waals surface area contributed by atoms with Crippen molar-refractivity contribution in [3.63, 3.8) is 0 Å². The molecule has 4 rings (SSSR count). The fourth-order valence-electron chi connectivity index (χ4n) is 4.33. The zero-order valence-corrected chi connectivity index (χ0v) is 20.1. The Balaban J connectivity index is 1.37. The number of benzene rings is 2. The number of rotatable bonds is 8. The van der Waals surface area contributed by atoms with Gasteiger partial charge in [-0.15, -0.1) is 0 Å².